The Hall–Kier alpha value is -0.870. The van der Waals surface area contributed by atoms with Crippen LogP contribution in [-0.4, -0.2) is 26.0 Å². The van der Waals surface area contributed by atoms with Crippen molar-refractivity contribution in [2.45, 2.75) is 51.6 Å². The van der Waals surface area contributed by atoms with Gasteiger partial charge in [-0.15, -0.1) is 0 Å². The van der Waals surface area contributed by atoms with Crippen molar-refractivity contribution in [1.29, 1.82) is 0 Å². The largest absolute Gasteiger partial charge is 0.309 e. The molecule has 1 fully saturated rings. The average molecular weight is 295 g/mol. The number of hydrogen-bond donors (Lipinski definition) is 1. The standard InChI is InChI=1S/C16H25NO2S/c1-16(2,3)14-8-6-13(7-9-14)11-17-15-5-4-10-20(18,19)12-15/h6-9,15,17H,4-5,10-12H2,1-3H3. The number of nitrogens with one attached hydrogen (secondary N) is 1. The van der Waals surface area contributed by atoms with Gasteiger partial charge in [0, 0.05) is 12.6 Å². The fourth-order valence-corrected chi connectivity index (χ4v) is 4.24. The van der Waals surface area contributed by atoms with Crippen molar-refractivity contribution < 1.29 is 8.42 Å². The lowest BCUT2D eigenvalue weighted by Gasteiger charge is -2.23. The first-order valence-corrected chi connectivity index (χ1v) is 9.12. The van der Waals surface area contributed by atoms with Crippen molar-refractivity contribution in [3.63, 3.8) is 0 Å². The van der Waals surface area contributed by atoms with Gasteiger partial charge in [-0.05, 0) is 29.4 Å². The monoisotopic (exact) mass is 295 g/mol. The second-order valence-corrected chi connectivity index (χ2v) is 9.01. The van der Waals surface area contributed by atoms with Crippen LogP contribution in [0, 0.1) is 0 Å². The number of benzene rings is 1. The van der Waals surface area contributed by atoms with Crippen LogP contribution in [-0.2, 0) is 21.8 Å². The molecule has 0 amide bonds. The molecule has 1 heterocycles. The lowest BCUT2D eigenvalue weighted by molar-refractivity contribution is 0.480. The molecule has 1 unspecified atom stereocenters. The molecule has 1 aromatic rings. The van der Waals surface area contributed by atoms with Crippen molar-refractivity contribution in [3.05, 3.63) is 35.4 Å². The first kappa shape index (κ1) is 15.5. The third kappa shape index (κ3) is 4.32. The third-order valence-electron chi connectivity index (χ3n) is 3.88. The molecule has 0 aliphatic carbocycles. The second-order valence-electron chi connectivity index (χ2n) is 6.78. The van der Waals surface area contributed by atoms with Crippen LogP contribution in [0.4, 0.5) is 0 Å². The molecular weight excluding hydrogens is 270 g/mol. The van der Waals surface area contributed by atoms with Gasteiger partial charge >= 0.3 is 0 Å². The molecule has 1 aromatic carbocycles. The van der Waals surface area contributed by atoms with E-state index >= 15 is 0 Å². The van der Waals surface area contributed by atoms with E-state index in [4.69, 9.17) is 0 Å². The predicted molar refractivity (Wildman–Crippen MR) is 83.7 cm³/mol. The van der Waals surface area contributed by atoms with Crippen molar-refractivity contribution >= 4 is 9.84 Å². The van der Waals surface area contributed by atoms with E-state index in [9.17, 15) is 8.42 Å². The Labute approximate surface area is 122 Å². The summed E-state index contributed by atoms with van der Waals surface area (Å²) in [5.41, 5.74) is 2.70. The first-order chi connectivity index (χ1) is 9.26. The highest BCUT2D eigenvalue weighted by Crippen LogP contribution is 2.22. The van der Waals surface area contributed by atoms with Crippen LogP contribution in [0.5, 0.6) is 0 Å². The molecule has 0 radical (unpaired) electrons. The van der Waals surface area contributed by atoms with Gasteiger partial charge in [0.25, 0.3) is 0 Å². The van der Waals surface area contributed by atoms with Gasteiger partial charge in [0.1, 0.15) is 0 Å². The van der Waals surface area contributed by atoms with Gasteiger partial charge in [0.05, 0.1) is 11.5 Å². The molecule has 2 rings (SSSR count). The molecule has 3 nitrogen and oxygen atoms in total. The predicted octanol–water partition coefficient (Wildman–Crippen LogP) is 2.65. The second kappa shape index (κ2) is 5.86. The zero-order valence-electron chi connectivity index (χ0n) is 12.6. The maximum Gasteiger partial charge on any atom is 0.151 e. The summed E-state index contributed by atoms with van der Waals surface area (Å²) in [6.45, 7) is 7.35. The van der Waals surface area contributed by atoms with E-state index in [1.165, 1.54) is 11.1 Å². The summed E-state index contributed by atoms with van der Waals surface area (Å²) in [4.78, 5) is 0. The molecule has 0 aromatic heterocycles. The Balaban J connectivity index is 1.91. The van der Waals surface area contributed by atoms with Crippen LogP contribution in [0.1, 0.15) is 44.7 Å². The topological polar surface area (TPSA) is 46.2 Å². The SMILES string of the molecule is CC(C)(C)c1ccc(CNC2CCCS(=O)(=O)C2)cc1. The molecule has 1 saturated heterocycles. The highest BCUT2D eigenvalue weighted by atomic mass is 32.2. The van der Waals surface area contributed by atoms with Crippen LogP contribution in [0.25, 0.3) is 0 Å². The van der Waals surface area contributed by atoms with E-state index in [0.717, 1.165) is 19.4 Å². The molecule has 0 saturated carbocycles. The van der Waals surface area contributed by atoms with E-state index < -0.39 is 9.84 Å². The van der Waals surface area contributed by atoms with Crippen molar-refractivity contribution in [1.82, 2.24) is 5.32 Å². The molecule has 0 bridgehead atoms. The van der Waals surface area contributed by atoms with Crippen LogP contribution in [0.2, 0.25) is 0 Å². The van der Waals surface area contributed by atoms with E-state index in [1.807, 2.05) is 0 Å². The Kier molecular flexibility index (Phi) is 4.55. The van der Waals surface area contributed by atoms with Crippen molar-refractivity contribution in [3.8, 4) is 0 Å². The van der Waals surface area contributed by atoms with E-state index in [1.54, 1.807) is 0 Å². The summed E-state index contributed by atoms with van der Waals surface area (Å²) in [7, 11) is -2.82. The van der Waals surface area contributed by atoms with E-state index in [-0.39, 0.29) is 17.2 Å². The molecule has 0 spiro atoms. The average Bonchev–Trinajstić information content (AvgIpc) is 2.35. The van der Waals surface area contributed by atoms with Gasteiger partial charge in [-0.25, -0.2) is 8.42 Å². The first-order valence-electron chi connectivity index (χ1n) is 7.29. The minimum atomic E-state index is -2.82. The summed E-state index contributed by atoms with van der Waals surface area (Å²) in [6, 6.07) is 8.69. The van der Waals surface area contributed by atoms with Gasteiger partial charge in [0.15, 0.2) is 9.84 Å². The molecule has 1 aliphatic rings. The van der Waals surface area contributed by atoms with Gasteiger partial charge in [-0.1, -0.05) is 45.0 Å². The van der Waals surface area contributed by atoms with Crippen LogP contribution in [0.15, 0.2) is 24.3 Å². The molecule has 112 valence electrons. The quantitative estimate of drug-likeness (QED) is 0.932. The zero-order chi connectivity index (χ0) is 14.8. The fourth-order valence-electron chi connectivity index (χ4n) is 2.57. The van der Waals surface area contributed by atoms with Crippen LogP contribution >= 0.6 is 0 Å². The Morgan fingerprint density at radius 2 is 1.85 bits per heavy atom. The van der Waals surface area contributed by atoms with Crippen molar-refractivity contribution in [2.24, 2.45) is 0 Å². The number of sulfone groups is 1. The summed E-state index contributed by atoms with van der Waals surface area (Å²) < 4.78 is 23.2. The molecule has 4 heteroatoms. The highest BCUT2D eigenvalue weighted by Gasteiger charge is 2.24. The lowest BCUT2D eigenvalue weighted by Crippen LogP contribution is -2.39. The Bertz CT molecular complexity index is 541. The minimum Gasteiger partial charge on any atom is -0.309 e. The zero-order valence-corrected chi connectivity index (χ0v) is 13.5. The smallest absolute Gasteiger partial charge is 0.151 e. The van der Waals surface area contributed by atoms with Crippen molar-refractivity contribution in [2.75, 3.05) is 11.5 Å². The summed E-state index contributed by atoms with van der Waals surface area (Å²) in [6.07, 6.45) is 1.74. The maximum absolute atomic E-state index is 11.6. The maximum atomic E-state index is 11.6. The van der Waals surface area contributed by atoms with Crippen LogP contribution in [0.3, 0.4) is 0 Å². The molecular formula is C16H25NO2S. The fraction of sp³-hybridized carbons (Fsp3) is 0.625. The van der Waals surface area contributed by atoms with E-state index in [2.05, 4.69) is 50.4 Å². The van der Waals surface area contributed by atoms with E-state index in [0.29, 0.717) is 5.75 Å². The number of hydrogen-bond acceptors (Lipinski definition) is 3. The Morgan fingerprint density at radius 3 is 2.40 bits per heavy atom. The molecule has 1 atom stereocenters. The summed E-state index contributed by atoms with van der Waals surface area (Å²) in [5.74, 6) is 0.637. The van der Waals surface area contributed by atoms with Gasteiger partial charge in [-0.3, -0.25) is 0 Å². The lowest BCUT2D eigenvalue weighted by atomic mass is 9.87. The third-order valence-corrected chi connectivity index (χ3v) is 5.70. The highest BCUT2D eigenvalue weighted by molar-refractivity contribution is 7.91. The molecule has 20 heavy (non-hydrogen) atoms. The summed E-state index contributed by atoms with van der Waals surface area (Å²) in [5, 5.41) is 3.37. The molecule has 1 N–H and O–H groups in total. The number of rotatable bonds is 3. The Morgan fingerprint density at radius 1 is 1.20 bits per heavy atom. The van der Waals surface area contributed by atoms with Gasteiger partial charge in [0.2, 0.25) is 0 Å². The van der Waals surface area contributed by atoms with Gasteiger partial charge < -0.3 is 5.32 Å². The normalized spacial score (nSPS) is 22.6. The molecule has 1 aliphatic heterocycles. The summed E-state index contributed by atoms with van der Waals surface area (Å²) >= 11 is 0. The minimum absolute atomic E-state index is 0.107. The van der Waals surface area contributed by atoms with Gasteiger partial charge in [-0.2, -0.15) is 0 Å². The van der Waals surface area contributed by atoms with Crippen LogP contribution < -0.4 is 5.32 Å².